The molecule has 5 heteroatoms. The zero-order valence-electron chi connectivity index (χ0n) is 11.5. The van der Waals surface area contributed by atoms with Gasteiger partial charge in [-0.1, -0.05) is 11.6 Å². The highest BCUT2D eigenvalue weighted by Gasteiger charge is 2.23. The maximum Gasteiger partial charge on any atom is 0.131 e. The van der Waals surface area contributed by atoms with Crippen LogP contribution in [0.1, 0.15) is 31.0 Å². The predicted octanol–water partition coefficient (Wildman–Crippen LogP) is 1.94. The lowest BCUT2D eigenvalue weighted by atomic mass is 9.91. The molecule has 1 aliphatic rings. The number of halogens is 1. The molecule has 102 valence electrons. The number of hydrogen-bond acceptors (Lipinski definition) is 3. The van der Waals surface area contributed by atoms with Crippen LogP contribution in [0.15, 0.2) is 0 Å². The van der Waals surface area contributed by atoms with E-state index in [0.717, 1.165) is 30.5 Å². The van der Waals surface area contributed by atoms with Crippen LogP contribution in [0.2, 0.25) is 5.15 Å². The van der Waals surface area contributed by atoms with Crippen LogP contribution in [0.4, 0.5) is 0 Å². The summed E-state index contributed by atoms with van der Waals surface area (Å²) < 4.78 is 1.75. The molecule has 2 heterocycles. The normalized spacial score (nSPS) is 20.3. The van der Waals surface area contributed by atoms with E-state index in [2.05, 4.69) is 16.9 Å². The lowest BCUT2D eigenvalue weighted by Crippen LogP contribution is -2.39. The van der Waals surface area contributed by atoms with Gasteiger partial charge in [-0.25, -0.2) is 0 Å². The van der Waals surface area contributed by atoms with E-state index < -0.39 is 0 Å². The van der Waals surface area contributed by atoms with E-state index in [1.807, 2.05) is 14.0 Å². The summed E-state index contributed by atoms with van der Waals surface area (Å²) in [5.74, 6) is 0.673. The Labute approximate surface area is 114 Å². The quantitative estimate of drug-likeness (QED) is 0.913. The molecule has 1 fully saturated rings. The second kappa shape index (κ2) is 5.59. The summed E-state index contributed by atoms with van der Waals surface area (Å²) in [6.07, 6.45) is 2.38. The molecule has 4 nitrogen and oxygen atoms in total. The van der Waals surface area contributed by atoms with E-state index in [9.17, 15) is 0 Å². The smallest absolute Gasteiger partial charge is 0.131 e. The number of piperidine rings is 1. The number of nitrogens with zero attached hydrogens (tertiary/aromatic N) is 3. The first kappa shape index (κ1) is 13.8. The minimum atomic E-state index is 0.316. The monoisotopic (exact) mass is 270 g/mol. The Bertz CT molecular complexity index is 405. The van der Waals surface area contributed by atoms with Gasteiger partial charge in [-0.05, 0) is 45.7 Å². The first-order valence-corrected chi connectivity index (χ1v) is 7.02. The molecule has 1 saturated heterocycles. The average Bonchev–Trinajstić information content (AvgIpc) is 2.57. The van der Waals surface area contributed by atoms with Gasteiger partial charge in [0.25, 0.3) is 0 Å². The fraction of sp³-hybridized carbons (Fsp3) is 0.769. The molecule has 1 aliphatic heterocycles. The summed E-state index contributed by atoms with van der Waals surface area (Å²) in [5, 5.41) is 5.12. The van der Waals surface area contributed by atoms with Gasteiger partial charge in [0.2, 0.25) is 0 Å². The van der Waals surface area contributed by atoms with Crippen LogP contribution >= 0.6 is 11.6 Å². The fourth-order valence-corrected chi connectivity index (χ4v) is 2.95. The highest BCUT2D eigenvalue weighted by molar-refractivity contribution is 6.30. The third-order valence-electron chi connectivity index (χ3n) is 4.03. The van der Waals surface area contributed by atoms with Gasteiger partial charge >= 0.3 is 0 Å². The molecule has 0 spiro atoms. The first-order chi connectivity index (χ1) is 8.49. The van der Waals surface area contributed by atoms with E-state index in [-0.39, 0.29) is 0 Å². The third kappa shape index (κ3) is 2.87. The molecule has 0 amide bonds. The fourth-order valence-electron chi connectivity index (χ4n) is 2.71. The van der Waals surface area contributed by atoms with Crippen molar-refractivity contribution in [1.29, 1.82) is 0 Å². The van der Waals surface area contributed by atoms with Crippen LogP contribution in [0, 0.1) is 12.8 Å². The molecule has 0 aromatic carbocycles. The molecule has 2 N–H and O–H groups in total. The van der Waals surface area contributed by atoms with Crippen LogP contribution < -0.4 is 5.73 Å². The SMILES string of the molecule is Cc1nn(C)c(Cl)c1CN1CCC(C(C)N)CC1. The van der Waals surface area contributed by atoms with Crippen LogP contribution in [0.25, 0.3) is 0 Å². The van der Waals surface area contributed by atoms with Crippen LogP contribution in [0.5, 0.6) is 0 Å². The molecule has 0 radical (unpaired) electrons. The average molecular weight is 271 g/mol. The summed E-state index contributed by atoms with van der Waals surface area (Å²) in [6.45, 7) is 7.26. The molecule has 1 unspecified atom stereocenters. The van der Waals surface area contributed by atoms with Gasteiger partial charge < -0.3 is 5.73 Å². The number of rotatable bonds is 3. The number of hydrogen-bond donors (Lipinski definition) is 1. The highest BCUT2D eigenvalue weighted by atomic mass is 35.5. The van der Waals surface area contributed by atoms with Crippen molar-refractivity contribution in [2.45, 2.75) is 39.3 Å². The van der Waals surface area contributed by atoms with E-state index in [0.29, 0.717) is 12.0 Å². The van der Waals surface area contributed by atoms with Crippen molar-refractivity contribution in [3.63, 3.8) is 0 Å². The number of nitrogens with two attached hydrogens (primary N) is 1. The second-order valence-corrected chi connectivity index (χ2v) is 5.81. The third-order valence-corrected chi connectivity index (χ3v) is 4.50. The van der Waals surface area contributed by atoms with Crippen molar-refractivity contribution in [1.82, 2.24) is 14.7 Å². The van der Waals surface area contributed by atoms with E-state index in [1.54, 1.807) is 4.68 Å². The molecule has 0 bridgehead atoms. The second-order valence-electron chi connectivity index (χ2n) is 5.45. The summed E-state index contributed by atoms with van der Waals surface area (Å²) in [7, 11) is 1.89. The zero-order chi connectivity index (χ0) is 13.3. The number of aryl methyl sites for hydroxylation is 2. The topological polar surface area (TPSA) is 47.1 Å². The Kier molecular flexibility index (Phi) is 4.30. The van der Waals surface area contributed by atoms with Crippen molar-refractivity contribution >= 4 is 11.6 Å². The van der Waals surface area contributed by atoms with E-state index in [1.165, 1.54) is 18.4 Å². The molecule has 1 atom stereocenters. The Morgan fingerprint density at radius 1 is 1.44 bits per heavy atom. The van der Waals surface area contributed by atoms with Crippen molar-refractivity contribution < 1.29 is 0 Å². The van der Waals surface area contributed by atoms with Crippen LogP contribution in [0.3, 0.4) is 0 Å². The molecule has 1 aromatic heterocycles. The standard InChI is InChI=1S/C13H23ClN4/c1-9(15)11-4-6-18(7-5-11)8-12-10(2)16-17(3)13(12)14/h9,11H,4-8,15H2,1-3H3. The Morgan fingerprint density at radius 3 is 2.50 bits per heavy atom. The Balaban J connectivity index is 1.95. The largest absolute Gasteiger partial charge is 0.328 e. The maximum atomic E-state index is 6.27. The lowest BCUT2D eigenvalue weighted by Gasteiger charge is -2.33. The minimum absolute atomic E-state index is 0.316. The van der Waals surface area contributed by atoms with E-state index >= 15 is 0 Å². The van der Waals surface area contributed by atoms with Gasteiger partial charge in [0.15, 0.2) is 0 Å². The Morgan fingerprint density at radius 2 is 2.06 bits per heavy atom. The zero-order valence-corrected chi connectivity index (χ0v) is 12.2. The molecule has 2 rings (SSSR count). The Hall–Kier alpha value is -0.580. The molecule has 0 saturated carbocycles. The van der Waals surface area contributed by atoms with Gasteiger partial charge in [-0.3, -0.25) is 9.58 Å². The summed E-state index contributed by atoms with van der Waals surface area (Å²) >= 11 is 6.27. The van der Waals surface area contributed by atoms with E-state index in [4.69, 9.17) is 17.3 Å². The van der Waals surface area contributed by atoms with Gasteiger partial charge in [0, 0.05) is 25.2 Å². The van der Waals surface area contributed by atoms with Gasteiger partial charge in [-0.15, -0.1) is 0 Å². The van der Waals surface area contributed by atoms with Crippen molar-refractivity contribution in [2.75, 3.05) is 13.1 Å². The number of likely N-dealkylation sites (tertiary alicyclic amines) is 1. The maximum absolute atomic E-state index is 6.27. The van der Waals surface area contributed by atoms with Gasteiger partial charge in [-0.2, -0.15) is 5.10 Å². The lowest BCUT2D eigenvalue weighted by molar-refractivity contribution is 0.165. The number of aromatic nitrogens is 2. The van der Waals surface area contributed by atoms with Crippen molar-refractivity contribution in [2.24, 2.45) is 18.7 Å². The summed E-state index contributed by atoms with van der Waals surface area (Å²) in [5.41, 5.74) is 8.17. The van der Waals surface area contributed by atoms with Crippen molar-refractivity contribution in [3.05, 3.63) is 16.4 Å². The van der Waals surface area contributed by atoms with Crippen LogP contribution in [-0.2, 0) is 13.6 Å². The molecule has 0 aliphatic carbocycles. The van der Waals surface area contributed by atoms with Crippen molar-refractivity contribution in [3.8, 4) is 0 Å². The minimum Gasteiger partial charge on any atom is -0.328 e. The van der Waals surface area contributed by atoms with Gasteiger partial charge in [0.05, 0.1) is 5.69 Å². The first-order valence-electron chi connectivity index (χ1n) is 6.65. The summed E-state index contributed by atoms with van der Waals surface area (Å²) in [4.78, 5) is 2.45. The highest BCUT2D eigenvalue weighted by Crippen LogP contribution is 2.24. The predicted molar refractivity (Wildman–Crippen MR) is 74.6 cm³/mol. The molecule has 1 aromatic rings. The molecule has 18 heavy (non-hydrogen) atoms. The molecular formula is C13H23ClN4. The van der Waals surface area contributed by atoms with Crippen LogP contribution in [-0.4, -0.2) is 33.8 Å². The molecular weight excluding hydrogens is 248 g/mol. The van der Waals surface area contributed by atoms with Gasteiger partial charge in [0.1, 0.15) is 5.15 Å². The summed E-state index contributed by atoms with van der Waals surface area (Å²) in [6, 6.07) is 0.316.